The van der Waals surface area contributed by atoms with Crippen LogP contribution in [0, 0.1) is 5.92 Å². The number of fused-ring (bicyclic) bond motifs is 1. The molecule has 2 aliphatic heterocycles. The Bertz CT molecular complexity index is 851. The van der Waals surface area contributed by atoms with Crippen LogP contribution in [-0.4, -0.2) is 84.8 Å². The van der Waals surface area contributed by atoms with E-state index in [4.69, 9.17) is 4.74 Å². The minimum Gasteiger partial charge on any atom is -0.384 e. The Balaban J connectivity index is 1.70. The highest BCUT2D eigenvalue weighted by atomic mass is 16.5. The Hall–Kier alpha value is -2.74. The molecule has 0 radical (unpaired) electrons. The summed E-state index contributed by atoms with van der Waals surface area (Å²) < 4.78 is 4.97. The molecule has 1 aromatic carbocycles. The Labute approximate surface area is 176 Å². The number of nitrogens with zero attached hydrogens (tertiary/aromatic N) is 3. The molecule has 4 amide bonds. The summed E-state index contributed by atoms with van der Waals surface area (Å²) in [6.07, 6.45) is 1.02. The number of methoxy groups -OCH3 is 1. The molecule has 1 saturated heterocycles. The van der Waals surface area contributed by atoms with Crippen molar-refractivity contribution in [2.75, 3.05) is 46.4 Å². The van der Waals surface area contributed by atoms with Gasteiger partial charge in [-0.05, 0) is 30.5 Å². The Morgan fingerprint density at radius 2 is 1.67 bits per heavy atom. The van der Waals surface area contributed by atoms with Crippen molar-refractivity contribution in [3.8, 4) is 0 Å². The molecule has 0 N–H and O–H groups in total. The number of amides is 4. The van der Waals surface area contributed by atoms with Crippen molar-refractivity contribution < 1.29 is 23.9 Å². The second kappa shape index (κ2) is 9.38. The lowest BCUT2D eigenvalue weighted by Gasteiger charge is -2.22. The van der Waals surface area contributed by atoms with Crippen molar-refractivity contribution in [3.63, 3.8) is 0 Å². The molecular weight excluding hydrogens is 386 g/mol. The number of imide groups is 1. The lowest BCUT2D eigenvalue weighted by molar-refractivity contribution is -0.132. The third-order valence-electron chi connectivity index (χ3n) is 5.42. The summed E-state index contributed by atoms with van der Waals surface area (Å²) in [5.41, 5.74) is 1.03. The minimum absolute atomic E-state index is 0.0260. The summed E-state index contributed by atoms with van der Waals surface area (Å²) in [7, 11) is 1.56. The van der Waals surface area contributed by atoms with Crippen molar-refractivity contribution in [2.24, 2.45) is 5.92 Å². The van der Waals surface area contributed by atoms with E-state index in [1.54, 1.807) is 29.0 Å². The van der Waals surface area contributed by atoms with E-state index in [0.717, 1.165) is 0 Å². The zero-order valence-corrected chi connectivity index (χ0v) is 17.8. The van der Waals surface area contributed by atoms with Crippen LogP contribution in [0.1, 0.15) is 57.8 Å². The van der Waals surface area contributed by atoms with E-state index in [-0.39, 0.29) is 35.1 Å². The van der Waals surface area contributed by atoms with Gasteiger partial charge in [0.1, 0.15) is 0 Å². The van der Waals surface area contributed by atoms with Gasteiger partial charge in [0.15, 0.2) is 0 Å². The highest BCUT2D eigenvalue weighted by molar-refractivity contribution is 6.22. The summed E-state index contributed by atoms with van der Waals surface area (Å²) in [5, 5.41) is 0. The first-order valence-electron chi connectivity index (χ1n) is 10.4. The molecule has 3 rings (SSSR count). The van der Waals surface area contributed by atoms with Gasteiger partial charge in [-0.15, -0.1) is 0 Å². The topological polar surface area (TPSA) is 87.2 Å². The molecule has 0 aliphatic carbocycles. The highest BCUT2D eigenvalue weighted by Gasteiger charge is 2.36. The number of carbonyl (C=O) groups is 4. The molecule has 0 bridgehead atoms. The van der Waals surface area contributed by atoms with Gasteiger partial charge in [0.25, 0.3) is 17.7 Å². The molecule has 8 nitrogen and oxygen atoms in total. The first-order chi connectivity index (χ1) is 14.3. The van der Waals surface area contributed by atoms with Gasteiger partial charge in [-0.25, -0.2) is 0 Å². The summed E-state index contributed by atoms with van der Waals surface area (Å²) in [5.74, 6) is -0.642. The monoisotopic (exact) mass is 415 g/mol. The van der Waals surface area contributed by atoms with Crippen LogP contribution in [0.2, 0.25) is 0 Å². The van der Waals surface area contributed by atoms with Crippen molar-refractivity contribution in [1.29, 1.82) is 0 Å². The molecule has 30 heavy (non-hydrogen) atoms. The fourth-order valence-electron chi connectivity index (χ4n) is 3.85. The minimum atomic E-state index is -0.343. The number of hydrogen-bond acceptors (Lipinski definition) is 5. The van der Waals surface area contributed by atoms with Gasteiger partial charge < -0.3 is 14.5 Å². The molecule has 0 unspecified atom stereocenters. The predicted molar refractivity (Wildman–Crippen MR) is 110 cm³/mol. The Morgan fingerprint density at radius 3 is 2.37 bits per heavy atom. The number of rotatable bonds is 6. The van der Waals surface area contributed by atoms with E-state index in [9.17, 15) is 19.2 Å². The van der Waals surface area contributed by atoms with Crippen molar-refractivity contribution in [1.82, 2.24) is 14.7 Å². The van der Waals surface area contributed by atoms with Crippen LogP contribution in [0.3, 0.4) is 0 Å². The fraction of sp³-hybridized carbons (Fsp3) is 0.545. The number of carbonyl (C=O) groups excluding carboxylic acids is 4. The number of benzene rings is 1. The largest absolute Gasteiger partial charge is 0.384 e. The third-order valence-corrected chi connectivity index (χ3v) is 5.42. The first-order valence-corrected chi connectivity index (χ1v) is 10.4. The van der Waals surface area contributed by atoms with Crippen LogP contribution in [0.4, 0.5) is 0 Å². The van der Waals surface area contributed by atoms with Crippen LogP contribution < -0.4 is 0 Å². The van der Waals surface area contributed by atoms with E-state index in [1.165, 1.54) is 11.0 Å². The second-order valence-electron chi connectivity index (χ2n) is 8.14. The molecule has 0 saturated carbocycles. The van der Waals surface area contributed by atoms with Gasteiger partial charge in [0.2, 0.25) is 5.91 Å². The van der Waals surface area contributed by atoms with E-state index in [2.05, 4.69) is 0 Å². The molecule has 0 spiro atoms. The normalized spacial score (nSPS) is 16.9. The summed E-state index contributed by atoms with van der Waals surface area (Å²) in [6, 6.07) is 4.71. The molecular formula is C22H29N3O5. The second-order valence-corrected chi connectivity index (χ2v) is 8.14. The van der Waals surface area contributed by atoms with Gasteiger partial charge in [0.05, 0.1) is 24.2 Å². The lowest BCUT2D eigenvalue weighted by Crippen LogP contribution is -2.37. The van der Waals surface area contributed by atoms with Crippen LogP contribution in [-0.2, 0) is 9.53 Å². The number of hydrogen-bond donors (Lipinski definition) is 0. The summed E-state index contributed by atoms with van der Waals surface area (Å²) in [4.78, 5) is 55.2. The zero-order valence-electron chi connectivity index (χ0n) is 17.8. The maximum Gasteiger partial charge on any atom is 0.261 e. The Kier molecular flexibility index (Phi) is 6.87. The smallest absolute Gasteiger partial charge is 0.261 e. The van der Waals surface area contributed by atoms with Crippen molar-refractivity contribution >= 4 is 23.6 Å². The molecule has 162 valence electrons. The van der Waals surface area contributed by atoms with Crippen molar-refractivity contribution in [3.05, 3.63) is 34.9 Å². The van der Waals surface area contributed by atoms with Gasteiger partial charge in [-0.3, -0.25) is 24.1 Å². The quantitative estimate of drug-likeness (QED) is 0.660. The molecule has 2 aliphatic rings. The van der Waals surface area contributed by atoms with Gasteiger partial charge in [0, 0.05) is 45.4 Å². The van der Waals surface area contributed by atoms with Gasteiger partial charge in [-0.2, -0.15) is 0 Å². The van der Waals surface area contributed by atoms with E-state index < -0.39 is 0 Å². The average molecular weight is 415 g/mol. The summed E-state index contributed by atoms with van der Waals surface area (Å²) in [6.45, 7) is 6.68. The molecule has 1 aromatic rings. The molecule has 2 heterocycles. The van der Waals surface area contributed by atoms with E-state index in [1.807, 2.05) is 13.8 Å². The number of ether oxygens (including phenoxy) is 1. The van der Waals surface area contributed by atoms with Crippen molar-refractivity contribution in [2.45, 2.75) is 26.7 Å². The summed E-state index contributed by atoms with van der Waals surface area (Å²) >= 11 is 0. The average Bonchev–Trinajstić information content (AvgIpc) is 2.90. The first kappa shape index (κ1) is 22.0. The Morgan fingerprint density at radius 1 is 1.00 bits per heavy atom. The predicted octanol–water partition coefficient (Wildman–Crippen LogP) is 1.65. The van der Waals surface area contributed by atoms with Gasteiger partial charge >= 0.3 is 0 Å². The molecule has 0 atom stereocenters. The SMILES string of the molecule is COCCC(=O)N1CCCN(C(=O)c2ccc3c(c2)C(=O)N(CC(C)C)C3=O)CC1. The van der Waals surface area contributed by atoms with Crippen LogP contribution >= 0.6 is 0 Å². The zero-order chi connectivity index (χ0) is 21.8. The van der Waals surface area contributed by atoms with Crippen LogP contribution in [0.5, 0.6) is 0 Å². The molecule has 0 aromatic heterocycles. The maximum absolute atomic E-state index is 13.0. The van der Waals surface area contributed by atoms with E-state index in [0.29, 0.717) is 63.3 Å². The molecule has 8 heteroatoms. The molecule has 1 fully saturated rings. The fourth-order valence-corrected chi connectivity index (χ4v) is 3.85. The van der Waals surface area contributed by atoms with Gasteiger partial charge in [-0.1, -0.05) is 13.8 Å². The standard InChI is InChI=1S/C22H29N3O5/c1-15(2)14-25-21(28)17-6-5-16(13-18(17)22(25)29)20(27)24-9-4-8-23(10-11-24)19(26)7-12-30-3/h5-6,13,15H,4,7-12,14H2,1-3H3. The third kappa shape index (κ3) is 4.53. The van der Waals surface area contributed by atoms with E-state index >= 15 is 0 Å². The maximum atomic E-state index is 13.0. The van der Waals surface area contributed by atoms with Crippen LogP contribution in [0.15, 0.2) is 18.2 Å². The lowest BCUT2D eigenvalue weighted by atomic mass is 10.0. The highest BCUT2D eigenvalue weighted by Crippen LogP contribution is 2.25. The van der Waals surface area contributed by atoms with Crippen LogP contribution in [0.25, 0.3) is 0 Å².